The molecule has 45 heavy (non-hydrogen) atoms. The fraction of sp³-hybridized carbons (Fsp3) is 0.618. The molecule has 5 aliphatic rings. The smallest absolute Gasteiger partial charge is 0.309 e. The summed E-state index contributed by atoms with van der Waals surface area (Å²) in [6, 6.07) is 20.5. The van der Waals surface area contributed by atoms with E-state index >= 15 is 0 Å². The van der Waals surface area contributed by atoms with Crippen LogP contribution in [0.15, 0.2) is 60.7 Å². The standard InChI is InChI=1S/C34H45NO9Si/c1-32(2,3)45(21-14-10-8-11-15-21,22-16-12-9-13-17-22)38-19-23-27-24(18-26(36)39-27)44-35(23)31-30-29(42-34(6,7)43-30)28(40-31)25-20-37-33(4,5)41-25/h8-17,23-25,27-31H,18-20H2,1-7H3/t23-,24-,25+,27-,28-,29+,30+,31+/m1/s1. The monoisotopic (exact) mass is 639 g/mol. The van der Waals surface area contributed by atoms with Crippen molar-refractivity contribution in [1.29, 1.82) is 0 Å². The predicted octanol–water partition coefficient (Wildman–Crippen LogP) is 3.26. The Bertz CT molecular complexity index is 1340. The fourth-order valence-electron chi connectivity index (χ4n) is 7.74. The third-order valence-corrected chi connectivity index (χ3v) is 14.6. The lowest BCUT2D eigenvalue weighted by atomic mass is 10.0. The van der Waals surface area contributed by atoms with Crippen LogP contribution in [0.3, 0.4) is 0 Å². The molecule has 5 saturated heterocycles. The quantitative estimate of drug-likeness (QED) is 0.332. The second-order valence-corrected chi connectivity index (χ2v) is 18.9. The van der Waals surface area contributed by atoms with Crippen molar-refractivity contribution in [2.24, 2.45) is 0 Å². The lowest BCUT2D eigenvalue weighted by molar-refractivity contribution is -0.293. The normalized spacial score (nSPS) is 35.8. The van der Waals surface area contributed by atoms with Crippen LogP contribution < -0.4 is 10.4 Å². The number of rotatable bonds is 7. The number of nitrogens with zero attached hydrogens (tertiary/aromatic N) is 1. The van der Waals surface area contributed by atoms with Crippen molar-refractivity contribution in [2.45, 2.75) is 120 Å². The van der Waals surface area contributed by atoms with E-state index in [1.165, 1.54) is 10.4 Å². The molecule has 0 radical (unpaired) electrons. The average Bonchev–Trinajstić information content (AvgIpc) is 3.76. The van der Waals surface area contributed by atoms with E-state index in [0.717, 1.165) is 0 Å². The van der Waals surface area contributed by atoms with Gasteiger partial charge in [0.1, 0.15) is 36.6 Å². The molecule has 2 aromatic rings. The Morgan fingerprint density at radius 1 is 0.822 bits per heavy atom. The van der Waals surface area contributed by atoms with Crippen LogP contribution in [0.2, 0.25) is 5.04 Å². The number of hydrogen-bond acceptors (Lipinski definition) is 10. The van der Waals surface area contributed by atoms with E-state index < -0.39 is 62.7 Å². The Balaban J connectivity index is 1.23. The molecule has 10 nitrogen and oxygen atoms in total. The van der Waals surface area contributed by atoms with E-state index in [1.807, 2.05) is 44.9 Å². The second-order valence-electron chi connectivity index (χ2n) is 14.6. The summed E-state index contributed by atoms with van der Waals surface area (Å²) in [4.78, 5) is 19.1. The van der Waals surface area contributed by atoms with Crippen molar-refractivity contribution in [3.63, 3.8) is 0 Å². The van der Waals surface area contributed by atoms with Gasteiger partial charge >= 0.3 is 5.97 Å². The molecule has 0 aliphatic carbocycles. The van der Waals surface area contributed by atoms with Gasteiger partial charge in [0.2, 0.25) is 0 Å². The molecule has 2 aromatic carbocycles. The Hall–Kier alpha value is -2.19. The molecule has 0 unspecified atom stereocenters. The zero-order valence-corrected chi connectivity index (χ0v) is 28.1. The van der Waals surface area contributed by atoms with E-state index in [0.29, 0.717) is 6.61 Å². The molecule has 5 aliphatic heterocycles. The maximum absolute atomic E-state index is 12.5. The number of benzene rings is 2. The van der Waals surface area contributed by atoms with Gasteiger partial charge in [0.05, 0.1) is 19.6 Å². The Morgan fingerprint density at radius 3 is 2.02 bits per heavy atom. The second kappa shape index (κ2) is 11.2. The van der Waals surface area contributed by atoms with Crippen LogP contribution in [-0.4, -0.2) is 93.0 Å². The minimum atomic E-state index is -2.90. The third kappa shape index (κ3) is 5.49. The molecule has 0 aromatic heterocycles. The van der Waals surface area contributed by atoms with E-state index in [-0.39, 0.29) is 30.1 Å². The van der Waals surface area contributed by atoms with E-state index in [4.69, 9.17) is 37.7 Å². The van der Waals surface area contributed by atoms with Crippen molar-refractivity contribution in [2.75, 3.05) is 13.2 Å². The highest BCUT2D eigenvalue weighted by molar-refractivity contribution is 6.99. The van der Waals surface area contributed by atoms with Gasteiger partial charge in [0.25, 0.3) is 8.32 Å². The van der Waals surface area contributed by atoms with Crippen molar-refractivity contribution in [3.8, 4) is 0 Å². The molecule has 0 N–H and O–H groups in total. The maximum Gasteiger partial charge on any atom is 0.309 e. The number of hydrogen-bond donors (Lipinski definition) is 0. The van der Waals surface area contributed by atoms with Crippen molar-refractivity contribution >= 4 is 24.7 Å². The molecular formula is C34H45NO9Si. The van der Waals surface area contributed by atoms with Gasteiger partial charge in [0.15, 0.2) is 23.9 Å². The molecule has 11 heteroatoms. The summed E-state index contributed by atoms with van der Waals surface area (Å²) in [7, 11) is -2.90. The van der Waals surface area contributed by atoms with Gasteiger partial charge in [0, 0.05) is 0 Å². The average molecular weight is 640 g/mol. The minimum absolute atomic E-state index is 0.164. The fourth-order valence-corrected chi connectivity index (χ4v) is 12.3. The molecule has 0 spiro atoms. The largest absolute Gasteiger partial charge is 0.458 e. The lowest BCUT2D eigenvalue weighted by Crippen LogP contribution is -2.67. The molecule has 0 saturated carbocycles. The zero-order valence-electron chi connectivity index (χ0n) is 27.1. The number of carbonyl (C=O) groups excluding carboxylic acids is 1. The summed E-state index contributed by atoms with van der Waals surface area (Å²) < 4.78 is 45.0. The van der Waals surface area contributed by atoms with Gasteiger partial charge in [-0.1, -0.05) is 81.4 Å². The van der Waals surface area contributed by atoms with Gasteiger partial charge in [-0.05, 0) is 43.1 Å². The van der Waals surface area contributed by atoms with Crippen molar-refractivity contribution < 1.29 is 42.5 Å². The van der Waals surface area contributed by atoms with E-state index in [1.54, 1.807) is 0 Å². The lowest BCUT2D eigenvalue weighted by Gasteiger charge is -2.44. The molecule has 244 valence electrons. The Labute approximate surface area is 266 Å². The topological polar surface area (TPSA) is 94.2 Å². The summed E-state index contributed by atoms with van der Waals surface area (Å²) in [5.74, 6) is -1.82. The van der Waals surface area contributed by atoms with Crippen molar-refractivity contribution in [3.05, 3.63) is 60.7 Å². The molecule has 5 fully saturated rings. The highest BCUT2D eigenvalue weighted by Gasteiger charge is 2.65. The SMILES string of the molecule is CC1(C)O[C@H]2[C@@H]([C@@H]3COC(C)(C)O3)O[C@H](N3O[C@@H]4CC(=O)O[C@@H]4[C@H]3CO[Si](c3ccccc3)(c3ccccc3)C(C)(C)C)[C@H]2O1. The predicted molar refractivity (Wildman–Crippen MR) is 166 cm³/mol. The summed E-state index contributed by atoms with van der Waals surface area (Å²) >= 11 is 0. The van der Waals surface area contributed by atoms with E-state index in [9.17, 15) is 4.79 Å². The van der Waals surface area contributed by atoms with Crippen LogP contribution >= 0.6 is 0 Å². The first kappa shape index (κ1) is 31.4. The highest BCUT2D eigenvalue weighted by Crippen LogP contribution is 2.46. The van der Waals surface area contributed by atoms with Gasteiger partial charge in [-0.25, -0.2) is 0 Å². The molecule has 0 amide bonds. The van der Waals surface area contributed by atoms with E-state index in [2.05, 4.69) is 69.3 Å². The maximum atomic E-state index is 12.5. The number of ether oxygens (including phenoxy) is 6. The van der Waals surface area contributed by atoms with Crippen LogP contribution in [0.1, 0.15) is 54.9 Å². The highest BCUT2D eigenvalue weighted by atomic mass is 28.4. The van der Waals surface area contributed by atoms with Crippen LogP contribution in [0.4, 0.5) is 0 Å². The van der Waals surface area contributed by atoms with Crippen LogP contribution in [0.5, 0.6) is 0 Å². The molecule has 7 rings (SSSR count). The molecular weight excluding hydrogens is 594 g/mol. The van der Waals surface area contributed by atoms with Crippen LogP contribution in [-0.2, 0) is 42.5 Å². The van der Waals surface area contributed by atoms with Gasteiger partial charge in [-0.2, -0.15) is 0 Å². The zero-order chi connectivity index (χ0) is 31.8. The van der Waals surface area contributed by atoms with Gasteiger partial charge in [-0.15, -0.1) is 5.06 Å². The summed E-state index contributed by atoms with van der Waals surface area (Å²) in [5.41, 5.74) is 0. The first-order valence-electron chi connectivity index (χ1n) is 16.0. The minimum Gasteiger partial charge on any atom is -0.458 e. The van der Waals surface area contributed by atoms with Crippen LogP contribution in [0, 0.1) is 0 Å². The third-order valence-electron chi connectivity index (χ3n) is 9.57. The molecule has 5 heterocycles. The van der Waals surface area contributed by atoms with Gasteiger partial charge < -0.3 is 32.8 Å². The number of esters is 1. The molecule has 8 atom stereocenters. The Morgan fingerprint density at radius 2 is 1.44 bits per heavy atom. The summed E-state index contributed by atoms with van der Waals surface area (Å²) in [6.45, 7) is 15.0. The van der Waals surface area contributed by atoms with Crippen LogP contribution in [0.25, 0.3) is 0 Å². The Kier molecular flexibility index (Phi) is 7.82. The number of hydroxylamine groups is 2. The molecule has 0 bridgehead atoms. The van der Waals surface area contributed by atoms with Gasteiger partial charge in [-0.3, -0.25) is 9.63 Å². The van der Waals surface area contributed by atoms with Crippen molar-refractivity contribution in [1.82, 2.24) is 5.06 Å². The first-order valence-corrected chi connectivity index (χ1v) is 17.9. The number of carbonyl (C=O) groups is 1. The number of fused-ring (bicyclic) bond motifs is 2. The first-order chi connectivity index (χ1) is 21.3. The summed E-state index contributed by atoms with van der Waals surface area (Å²) in [5, 5.41) is 3.93. The summed E-state index contributed by atoms with van der Waals surface area (Å²) in [6.07, 6.45) is -3.12.